The number of nitrogens with two attached hydrogens (primary N) is 1. The molecule has 0 spiro atoms. The normalized spacial score (nSPS) is 22.3. The fraction of sp³-hybridized carbons (Fsp3) is 0.867. The molecule has 6 nitrogen and oxygen atoms in total. The van der Waals surface area contributed by atoms with Gasteiger partial charge >= 0.3 is 6.09 Å². The van der Waals surface area contributed by atoms with Crippen molar-refractivity contribution in [3.8, 4) is 0 Å². The number of hydrogen-bond acceptors (Lipinski definition) is 4. The lowest BCUT2D eigenvalue weighted by Gasteiger charge is -2.32. The van der Waals surface area contributed by atoms with Gasteiger partial charge in [0.1, 0.15) is 5.60 Å². The Hall–Kier alpha value is -1.30. The van der Waals surface area contributed by atoms with Crippen LogP contribution in [0.15, 0.2) is 0 Å². The molecule has 1 aliphatic heterocycles. The molecule has 0 unspecified atom stereocenters. The predicted octanol–water partition coefficient (Wildman–Crippen LogP) is 1.34. The summed E-state index contributed by atoms with van der Waals surface area (Å²) >= 11 is 0. The van der Waals surface area contributed by atoms with Gasteiger partial charge in [-0.15, -0.1) is 0 Å². The summed E-state index contributed by atoms with van der Waals surface area (Å²) < 4.78 is 5.46. The molecule has 0 radical (unpaired) electrons. The van der Waals surface area contributed by atoms with Crippen LogP contribution in [0.4, 0.5) is 4.79 Å². The minimum atomic E-state index is -0.493. The molecular formula is C15H27N3O3. The lowest BCUT2D eigenvalue weighted by molar-refractivity contribution is -0.131. The minimum absolute atomic E-state index is 0.0199. The van der Waals surface area contributed by atoms with E-state index in [1.54, 1.807) is 4.90 Å². The smallest absolute Gasteiger partial charge is 0.410 e. The SMILES string of the molecule is CC(C)(C)OC(=O)N1CCC[C@@H]1CN(C(=O)CN)C1CC1. The topological polar surface area (TPSA) is 75.9 Å². The quantitative estimate of drug-likeness (QED) is 0.849. The van der Waals surface area contributed by atoms with Crippen LogP contribution in [0.1, 0.15) is 46.5 Å². The highest BCUT2D eigenvalue weighted by molar-refractivity contribution is 5.79. The molecule has 21 heavy (non-hydrogen) atoms. The lowest BCUT2D eigenvalue weighted by Crippen LogP contribution is -2.48. The van der Waals surface area contributed by atoms with Gasteiger partial charge in [-0.25, -0.2) is 4.79 Å². The first-order chi connectivity index (χ1) is 9.81. The Morgan fingerprint density at radius 2 is 1.95 bits per heavy atom. The monoisotopic (exact) mass is 297 g/mol. The summed E-state index contributed by atoms with van der Waals surface area (Å²) in [7, 11) is 0. The maximum atomic E-state index is 12.3. The number of nitrogens with zero attached hydrogens (tertiary/aromatic N) is 2. The largest absolute Gasteiger partial charge is 0.444 e. The van der Waals surface area contributed by atoms with E-state index >= 15 is 0 Å². The Morgan fingerprint density at radius 1 is 1.29 bits per heavy atom. The number of amides is 2. The molecule has 1 saturated heterocycles. The Morgan fingerprint density at radius 3 is 2.48 bits per heavy atom. The van der Waals surface area contributed by atoms with Gasteiger partial charge in [0.05, 0.1) is 12.6 Å². The Bertz CT molecular complexity index is 401. The van der Waals surface area contributed by atoms with Crippen LogP contribution in [0.3, 0.4) is 0 Å². The highest BCUT2D eigenvalue weighted by Crippen LogP contribution is 2.29. The van der Waals surface area contributed by atoms with Crippen LogP contribution < -0.4 is 5.73 Å². The van der Waals surface area contributed by atoms with Gasteiger partial charge in [0, 0.05) is 19.1 Å². The van der Waals surface area contributed by atoms with Gasteiger partial charge < -0.3 is 20.3 Å². The van der Waals surface area contributed by atoms with Crippen molar-refractivity contribution in [1.82, 2.24) is 9.80 Å². The van der Waals surface area contributed by atoms with Crippen molar-refractivity contribution in [3.05, 3.63) is 0 Å². The summed E-state index contributed by atoms with van der Waals surface area (Å²) in [4.78, 5) is 27.8. The highest BCUT2D eigenvalue weighted by atomic mass is 16.6. The Balaban J connectivity index is 1.97. The average Bonchev–Trinajstić information content (AvgIpc) is 3.11. The molecule has 1 heterocycles. The standard InChI is InChI=1S/C15H27N3O3/c1-15(2,3)21-14(20)17-8-4-5-12(17)10-18(11-6-7-11)13(19)9-16/h11-12H,4-10,16H2,1-3H3/t12-/m1/s1. The van der Waals surface area contributed by atoms with E-state index in [2.05, 4.69) is 0 Å². The molecule has 0 aromatic rings. The number of carbonyl (C=O) groups excluding carboxylic acids is 2. The molecule has 120 valence electrons. The number of carbonyl (C=O) groups is 2. The summed E-state index contributed by atoms with van der Waals surface area (Å²) in [6.07, 6.45) is 3.69. The molecule has 0 aromatic carbocycles. The van der Waals surface area contributed by atoms with Crippen LogP contribution in [0.5, 0.6) is 0 Å². The lowest BCUT2D eigenvalue weighted by atomic mass is 10.2. The Labute approximate surface area is 126 Å². The van der Waals surface area contributed by atoms with E-state index in [0.717, 1.165) is 25.7 Å². The van der Waals surface area contributed by atoms with Gasteiger partial charge in [-0.1, -0.05) is 0 Å². The van der Waals surface area contributed by atoms with Crippen LogP contribution in [-0.4, -0.2) is 59.1 Å². The molecule has 0 bridgehead atoms. The highest BCUT2D eigenvalue weighted by Gasteiger charge is 2.38. The molecule has 2 amide bonds. The van der Waals surface area contributed by atoms with Gasteiger partial charge in [0.15, 0.2) is 0 Å². The molecule has 2 N–H and O–H groups in total. The van der Waals surface area contributed by atoms with Crippen LogP contribution >= 0.6 is 0 Å². The van der Waals surface area contributed by atoms with Crippen LogP contribution in [-0.2, 0) is 9.53 Å². The maximum absolute atomic E-state index is 12.3. The van der Waals surface area contributed by atoms with Gasteiger partial charge in [-0.3, -0.25) is 4.79 Å². The second kappa shape index (κ2) is 6.22. The van der Waals surface area contributed by atoms with Gasteiger partial charge in [-0.05, 0) is 46.5 Å². The van der Waals surface area contributed by atoms with E-state index in [4.69, 9.17) is 10.5 Å². The summed E-state index contributed by atoms with van der Waals surface area (Å²) in [6.45, 7) is 6.92. The first-order valence-corrected chi connectivity index (χ1v) is 7.81. The maximum Gasteiger partial charge on any atom is 0.410 e. The van der Waals surface area contributed by atoms with Crippen molar-refractivity contribution in [3.63, 3.8) is 0 Å². The first kappa shape index (κ1) is 16.1. The first-order valence-electron chi connectivity index (χ1n) is 7.81. The summed E-state index contributed by atoms with van der Waals surface area (Å²) in [6, 6.07) is 0.373. The summed E-state index contributed by atoms with van der Waals surface area (Å²) in [5, 5.41) is 0. The number of likely N-dealkylation sites (tertiary alicyclic amines) is 1. The van der Waals surface area contributed by atoms with Crippen molar-refractivity contribution in [2.45, 2.75) is 64.1 Å². The molecule has 2 aliphatic rings. The fourth-order valence-corrected chi connectivity index (χ4v) is 2.77. The molecule has 2 fully saturated rings. The summed E-state index contributed by atoms with van der Waals surface area (Å²) in [5.41, 5.74) is 5.00. The van der Waals surface area contributed by atoms with E-state index < -0.39 is 5.60 Å². The molecular weight excluding hydrogens is 270 g/mol. The van der Waals surface area contributed by atoms with Crippen LogP contribution in [0, 0.1) is 0 Å². The zero-order chi connectivity index (χ0) is 15.6. The van der Waals surface area contributed by atoms with E-state index in [9.17, 15) is 9.59 Å². The number of rotatable bonds is 4. The van der Waals surface area contributed by atoms with Crippen molar-refractivity contribution >= 4 is 12.0 Å². The third-order valence-electron chi connectivity index (χ3n) is 3.90. The van der Waals surface area contributed by atoms with E-state index in [1.807, 2.05) is 25.7 Å². The molecule has 1 saturated carbocycles. The number of hydrogen-bond donors (Lipinski definition) is 1. The van der Waals surface area contributed by atoms with Crippen molar-refractivity contribution in [1.29, 1.82) is 0 Å². The zero-order valence-electron chi connectivity index (χ0n) is 13.3. The van der Waals surface area contributed by atoms with Crippen molar-refractivity contribution in [2.24, 2.45) is 5.73 Å². The van der Waals surface area contributed by atoms with Crippen LogP contribution in [0.25, 0.3) is 0 Å². The van der Waals surface area contributed by atoms with Crippen molar-refractivity contribution in [2.75, 3.05) is 19.6 Å². The predicted molar refractivity (Wildman–Crippen MR) is 79.8 cm³/mol. The van der Waals surface area contributed by atoms with E-state index in [0.29, 0.717) is 19.1 Å². The van der Waals surface area contributed by atoms with E-state index in [-0.39, 0.29) is 24.6 Å². The molecule has 2 rings (SSSR count). The average molecular weight is 297 g/mol. The van der Waals surface area contributed by atoms with Crippen molar-refractivity contribution < 1.29 is 14.3 Å². The zero-order valence-corrected chi connectivity index (χ0v) is 13.3. The minimum Gasteiger partial charge on any atom is -0.444 e. The molecule has 1 aliphatic carbocycles. The molecule has 6 heteroatoms. The van der Waals surface area contributed by atoms with Gasteiger partial charge in [0.2, 0.25) is 5.91 Å². The molecule has 1 atom stereocenters. The Kier molecular flexibility index (Phi) is 4.76. The van der Waals surface area contributed by atoms with E-state index in [1.165, 1.54) is 0 Å². The second-order valence-electron chi connectivity index (χ2n) is 6.95. The van der Waals surface area contributed by atoms with Gasteiger partial charge in [0.25, 0.3) is 0 Å². The third kappa shape index (κ3) is 4.33. The second-order valence-corrected chi connectivity index (χ2v) is 6.95. The fourth-order valence-electron chi connectivity index (χ4n) is 2.77. The third-order valence-corrected chi connectivity index (χ3v) is 3.90. The van der Waals surface area contributed by atoms with Gasteiger partial charge in [-0.2, -0.15) is 0 Å². The summed E-state index contributed by atoms with van der Waals surface area (Å²) in [5.74, 6) is -0.0199. The molecule has 0 aromatic heterocycles. The number of ether oxygens (including phenoxy) is 1. The van der Waals surface area contributed by atoms with Crippen LogP contribution in [0.2, 0.25) is 0 Å².